The van der Waals surface area contributed by atoms with E-state index in [1.165, 1.54) is 6.07 Å². The Hall–Kier alpha value is -3.19. The van der Waals surface area contributed by atoms with E-state index in [1.807, 2.05) is 6.92 Å². The molecule has 3 aromatic rings. The molecule has 0 bridgehead atoms. The molecule has 8 heteroatoms. The largest absolute Gasteiger partial charge is 0.457 e. The predicted molar refractivity (Wildman–Crippen MR) is 127 cm³/mol. The van der Waals surface area contributed by atoms with Crippen LogP contribution in [0.25, 0.3) is 0 Å². The Labute approximate surface area is 201 Å². The molecule has 3 aromatic carbocycles. The summed E-state index contributed by atoms with van der Waals surface area (Å²) in [5, 5.41) is 0.600. The van der Waals surface area contributed by atoms with Crippen LogP contribution in [0, 0.1) is 0 Å². The van der Waals surface area contributed by atoms with Gasteiger partial charge in [-0.2, -0.15) is 13.2 Å². The summed E-state index contributed by atoms with van der Waals surface area (Å²) in [6.45, 7) is 2.91. The van der Waals surface area contributed by atoms with Gasteiger partial charge in [-0.25, -0.2) is 4.79 Å². The molecule has 4 nitrogen and oxygen atoms in total. The third-order valence-electron chi connectivity index (χ3n) is 5.73. The summed E-state index contributed by atoms with van der Waals surface area (Å²) < 4.78 is 45.8. The highest BCUT2D eigenvalue weighted by atomic mass is 35.5. The Morgan fingerprint density at radius 3 is 2.26 bits per heavy atom. The molecule has 0 aromatic heterocycles. The average molecular weight is 489 g/mol. The molecule has 1 saturated heterocycles. The van der Waals surface area contributed by atoms with Crippen molar-refractivity contribution in [2.24, 2.45) is 0 Å². The molecule has 2 amide bonds. The highest BCUT2D eigenvalue weighted by Crippen LogP contribution is 2.38. The number of amides is 2. The van der Waals surface area contributed by atoms with Crippen molar-refractivity contribution in [1.82, 2.24) is 4.90 Å². The number of carbonyl (C=O) groups excluding carboxylic acids is 1. The van der Waals surface area contributed by atoms with Crippen molar-refractivity contribution in [1.29, 1.82) is 0 Å². The first-order chi connectivity index (χ1) is 16.3. The van der Waals surface area contributed by atoms with Crippen molar-refractivity contribution in [3.8, 4) is 11.5 Å². The summed E-state index contributed by atoms with van der Waals surface area (Å²) in [6, 6.07) is 18.3. The van der Waals surface area contributed by atoms with Crippen LogP contribution in [0.5, 0.6) is 11.5 Å². The van der Waals surface area contributed by atoms with Crippen LogP contribution >= 0.6 is 11.6 Å². The van der Waals surface area contributed by atoms with Gasteiger partial charge < -0.3 is 9.64 Å². The Balaban J connectivity index is 1.62. The van der Waals surface area contributed by atoms with Gasteiger partial charge in [-0.3, -0.25) is 4.90 Å². The van der Waals surface area contributed by atoms with E-state index in [2.05, 4.69) is 0 Å². The fraction of sp³-hybridized carbons (Fsp3) is 0.269. The molecule has 1 atom stereocenters. The van der Waals surface area contributed by atoms with E-state index in [4.69, 9.17) is 16.3 Å². The van der Waals surface area contributed by atoms with Gasteiger partial charge in [0.15, 0.2) is 0 Å². The first kappa shape index (κ1) is 24.0. The molecule has 4 rings (SSSR count). The summed E-state index contributed by atoms with van der Waals surface area (Å²) in [4.78, 5) is 16.5. The Morgan fingerprint density at radius 2 is 1.65 bits per heavy atom. The highest BCUT2D eigenvalue weighted by molar-refractivity contribution is 6.30. The SMILES string of the molecule is CCCCN1C[C@H](c2cccc(C(F)(F)F)c2)N(c2ccc(Oc3ccc(Cl)cc3)cc2)C1=O. The van der Waals surface area contributed by atoms with Crippen molar-refractivity contribution in [2.75, 3.05) is 18.0 Å². The number of benzene rings is 3. The summed E-state index contributed by atoms with van der Waals surface area (Å²) in [5.41, 5.74) is 0.314. The van der Waals surface area contributed by atoms with Gasteiger partial charge in [-0.1, -0.05) is 37.1 Å². The number of hydrogen-bond acceptors (Lipinski definition) is 2. The van der Waals surface area contributed by atoms with Crippen molar-refractivity contribution >= 4 is 23.3 Å². The quantitative estimate of drug-likeness (QED) is 0.338. The van der Waals surface area contributed by atoms with Gasteiger partial charge in [0.1, 0.15) is 11.5 Å². The minimum atomic E-state index is -4.45. The number of rotatable bonds is 7. The molecule has 0 spiro atoms. The monoisotopic (exact) mass is 488 g/mol. The van der Waals surface area contributed by atoms with E-state index in [-0.39, 0.29) is 6.03 Å². The van der Waals surface area contributed by atoms with Crippen molar-refractivity contribution < 1.29 is 22.7 Å². The number of ether oxygens (including phenoxy) is 1. The van der Waals surface area contributed by atoms with Crippen LogP contribution in [0.15, 0.2) is 72.8 Å². The standard InChI is InChI=1S/C26H24ClF3N2O2/c1-2-3-15-31-17-24(18-5-4-6-19(16-18)26(28,29)30)32(25(31)33)21-9-13-23(14-10-21)34-22-11-7-20(27)8-12-22/h4-14,16,24H,2-3,15,17H2,1H3/t24-/m1/s1. The van der Waals surface area contributed by atoms with Crippen molar-refractivity contribution in [3.05, 3.63) is 88.9 Å². The third-order valence-corrected chi connectivity index (χ3v) is 5.98. The molecular weight excluding hydrogens is 465 g/mol. The van der Waals surface area contributed by atoms with E-state index in [0.717, 1.165) is 25.0 Å². The molecular formula is C26H24ClF3N2O2. The molecule has 0 radical (unpaired) electrons. The first-order valence-corrected chi connectivity index (χ1v) is 11.4. The second kappa shape index (κ2) is 9.97. The van der Waals surface area contributed by atoms with Gasteiger partial charge in [0.25, 0.3) is 0 Å². The summed E-state index contributed by atoms with van der Waals surface area (Å²) in [5.74, 6) is 1.18. The maximum absolute atomic E-state index is 13.3. The number of carbonyl (C=O) groups is 1. The molecule has 0 unspecified atom stereocenters. The van der Waals surface area contributed by atoms with Gasteiger partial charge in [-0.05, 0) is 72.6 Å². The average Bonchev–Trinajstić information content (AvgIpc) is 3.15. The van der Waals surface area contributed by atoms with E-state index in [1.54, 1.807) is 64.4 Å². The predicted octanol–water partition coefficient (Wildman–Crippen LogP) is 7.93. The number of unbranched alkanes of at least 4 members (excludes halogenated alkanes) is 1. The van der Waals surface area contributed by atoms with Gasteiger partial charge in [0, 0.05) is 23.8 Å². The molecule has 34 heavy (non-hydrogen) atoms. The molecule has 1 aliphatic heterocycles. The lowest BCUT2D eigenvalue weighted by molar-refractivity contribution is -0.137. The zero-order chi connectivity index (χ0) is 24.3. The van der Waals surface area contributed by atoms with E-state index in [9.17, 15) is 18.0 Å². The highest BCUT2D eigenvalue weighted by Gasteiger charge is 2.40. The normalized spacial score (nSPS) is 16.3. The molecule has 1 aliphatic rings. The number of urea groups is 1. The molecule has 0 N–H and O–H groups in total. The van der Waals surface area contributed by atoms with E-state index in [0.29, 0.717) is 40.9 Å². The topological polar surface area (TPSA) is 32.8 Å². The smallest absolute Gasteiger partial charge is 0.416 e. The molecule has 1 fully saturated rings. The first-order valence-electron chi connectivity index (χ1n) is 11.0. The van der Waals surface area contributed by atoms with Crippen molar-refractivity contribution in [2.45, 2.75) is 32.0 Å². The fourth-order valence-electron chi connectivity index (χ4n) is 3.97. The minimum absolute atomic E-state index is 0.220. The number of hydrogen-bond donors (Lipinski definition) is 0. The van der Waals surface area contributed by atoms with Crippen LogP contribution in [0.3, 0.4) is 0 Å². The summed E-state index contributed by atoms with van der Waals surface area (Å²) >= 11 is 5.90. The summed E-state index contributed by atoms with van der Waals surface area (Å²) in [6.07, 6.45) is -2.72. The second-order valence-electron chi connectivity index (χ2n) is 8.14. The summed E-state index contributed by atoms with van der Waals surface area (Å²) in [7, 11) is 0. The van der Waals surface area contributed by atoms with Gasteiger partial charge in [0.2, 0.25) is 0 Å². The van der Waals surface area contributed by atoms with Crippen LogP contribution in [-0.2, 0) is 6.18 Å². The molecule has 1 heterocycles. The Kier molecular flexibility index (Phi) is 7.03. The fourth-order valence-corrected chi connectivity index (χ4v) is 4.10. The van der Waals surface area contributed by atoms with Crippen LogP contribution in [0.2, 0.25) is 5.02 Å². The molecule has 0 aliphatic carbocycles. The van der Waals surface area contributed by atoms with Gasteiger partial charge >= 0.3 is 12.2 Å². The Bertz CT molecular complexity index is 1130. The minimum Gasteiger partial charge on any atom is -0.457 e. The third kappa shape index (κ3) is 5.30. The van der Waals surface area contributed by atoms with Crippen LogP contribution in [-0.4, -0.2) is 24.0 Å². The number of nitrogens with zero attached hydrogens (tertiary/aromatic N) is 2. The molecule has 178 valence electrons. The van der Waals surface area contributed by atoms with Crippen LogP contribution in [0.1, 0.15) is 36.9 Å². The zero-order valence-corrected chi connectivity index (χ0v) is 19.3. The maximum atomic E-state index is 13.3. The van der Waals surface area contributed by atoms with Gasteiger partial charge in [0.05, 0.1) is 11.6 Å². The zero-order valence-electron chi connectivity index (χ0n) is 18.6. The second-order valence-corrected chi connectivity index (χ2v) is 8.58. The lowest BCUT2D eigenvalue weighted by Crippen LogP contribution is -2.33. The van der Waals surface area contributed by atoms with Crippen LogP contribution in [0.4, 0.5) is 23.7 Å². The van der Waals surface area contributed by atoms with E-state index >= 15 is 0 Å². The Morgan fingerprint density at radius 1 is 1.00 bits per heavy atom. The number of alkyl halides is 3. The molecule has 0 saturated carbocycles. The number of anilines is 1. The maximum Gasteiger partial charge on any atom is 0.416 e. The van der Waals surface area contributed by atoms with E-state index < -0.39 is 17.8 Å². The lowest BCUT2D eigenvalue weighted by Gasteiger charge is -2.24. The van der Waals surface area contributed by atoms with Crippen LogP contribution < -0.4 is 9.64 Å². The van der Waals surface area contributed by atoms with Crippen molar-refractivity contribution in [3.63, 3.8) is 0 Å². The lowest BCUT2D eigenvalue weighted by atomic mass is 10.0. The van der Waals surface area contributed by atoms with Gasteiger partial charge in [-0.15, -0.1) is 0 Å². The number of halogens is 4.